The molecule has 180 valence electrons. The number of hydrogen-bond acceptors (Lipinski definition) is 5. The zero-order valence-corrected chi connectivity index (χ0v) is 20.5. The van der Waals surface area contributed by atoms with Gasteiger partial charge in [0.05, 0.1) is 19.3 Å². The summed E-state index contributed by atoms with van der Waals surface area (Å²) in [4.78, 5) is 26.8. The minimum Gasteiger partial charge on any atom is -0.490 e. The molecule has 0 bridgehead atoms. The maximum Gasteiger partial charge on any atom is 0.410 e. The number of nitrogens with zero attached hydrogens (tertiary/aromatic N) is 1. The first-order valence-corrected chi connectivity index (χ1v) is 11.8. The van der Waals surface area contributed by atoms with Crippen LogP contribution >= 0.6 is 0 Å². The molecule has 1 fully saturated rings. The Kier molecular flexibility index (Phi) is 9.66. The zero-order chi connectivity index (χ0) is 23.7. The highest BCUT2D eigenvalue weighted by molar-refractivity contribution is 5.79. The van der Waals surface area contributed by atoms with E-state index in [0.717, 1.165) is 24.2 Å². The Morgan fingerprint density at radius 2 is 1.66 bits per heavy atom. The third-order valence-electron chi connectivity index (χ3n) is 5.27. The summed E-state index contributed by atoms with van der Waals surface area (Å²) < 4.78 is 17.1. The number of amides is 2. The lowest BCUT2D eigenvalue weighted by atomic mass is 9.95. The summed E-state index contributed by atoms with van der Waals surface area (Å²) in [6, 6.07) is 5.68. The molecule has 1 aromatic rings. The summed E-state index contributed by atoms with van der Waals surface area (Å²) in [7, 11) is 0. The lowest BCUT2D eigenvalue weighted by Gasteiger charge is -2.33. The smallest absolute Gasteiger partial charge is 0.410 e. The van der Waals surface area contributed by atoms with Gasteiger partial charge in [0.1, 0.15) is 5.60 Å². The third-order valence-corrected chi connectivity index (χ3v) is 5.27. The molecular formula is C25H40N2O5. The molecule has 1 aromatic carbocycles. The van der Waals surface area contributed by atoms with E-state index >= 15 is 0 Å². The molecule has 0 spiro atoms. The number of benzene rings is 1. The molecule has 0 aliphatic carbocycles. The van der Waals surface area contributed by atoms with Crippen LogP contribution in [0.3, 0.4) is 0 Å². The van der Waals surface area contributed by atoms with Gasteiger partial charge in [-0.1, -0.05) is 19.9 Å². The van der Waals surface area contributed by atoms with Crippen molar-refractivity contribution in [1.82, 2.24) is 10.2 Å². The fraction of sp³-hybridized carbons (Fsp3) is 0.680. The van der Waals surface area contributed by atoms with E-state index in [1.807, 2.05) is 45.9 Å². The van der Waals surface area contributed by atoms with Crippen LogP contribution in [0.1, 0.15) is 78.8 Å². The van der Waals surface area contributed by atoms with Gasteiger partial charge >= 0.3 is 6.09 Å². The van der Waals surface area contributed by atoms with Gasteiger partial charge in [-0.3, -0.25) is 4.79 Å². The Morgan fingerprint density at radius 3 is 2.22 bits per heavy atom. The normalized spacial score (nSPS) is 15.8. The van der Waals surface area contributed by atoms with E-state index in [1.165, 1.54) is 0 Å². The predicted molar refractivity (Wildman–Crippen MR) is 125 cm³/mol. The largest absolute Gasteiger partial charge is 0.490 e. The zero-order valence-electron chi connectivity index (χ0n) is 20.5. The van der Waals surface area contributed by atoms with Crippen LogP contribution in [0.4, 0.5) is 4.79 Å². The molecular weight excluding hydrogens is 408 g/mol. The summed E-state index contributed by atoms with van der Waals surface area (Å²) in [5.41, 5.74) is 0.455. The second kappa shape index (κ2) is 12.0. The quantitative estimate of drug-likeness (QED) is 0.569. The average molecular weight is 449 g/mol. The molecule has 1 saturated heterocycles. The fourth-order valence-corrected chi connectivity index (χ4v) is 3.52. The van der Waals surface area contributed by atoms with Crippen molar-refractivity contribution in [3.8, 4) is 11.5 Å². The molecule has 7 heteroatoms. The van der Waals surface area contributed by atoms with Gasteiger partial charge in [0, 0.05) is 19.0 Å². The van der Waals surface area contributed by atoms with E-state index in [9.17, 15) is 9.59 Å². The van der Waals surface area contributed by atoms with Gasteiger partial charge in [0.25, 0.3) is 0 Å². The fourth-order valence-electron chi connectivity index (χ4n) is 3.52. The van der Waals surface area contributed by atoms with E-state index in [-0.39, 0.29) is 24.0 Å². The molecule has 2 amide bonds. The minimum atomic E-state index is -0.516. The van der Waals surface area contributed by atoms with Gasteiger partial charge < -0.3 is 24.4 Å². The summed E-state index contributed by atoms with van der Waals surface area (Å²) in [6.45, 7) is 14.0. The van der Waals surface area contributed by atoms with Crippen molar-refractivity contribution in [1.29, 1.82) is 0 Å². The Balaban J connectivity index is 1.94. The van der Waals surface area contributed by atoms with Crippen molar-refractivity contribution in [3.63, 3.8) is 0 Å². The molecule has 1 N–H and O–H groups in total. The van der Waals surface area contributed by atoms with Gasteiger partial charge in [-0.2, -0.15) is 0 Å². The first-order valence-electron chi connectivity index (χ1n) is 11.8. The highest BCUT2D eigenvalue weighted by atomic mass is 16.6. The number of likely N-dealkylation sites (tertiary alicyclic amines) is 1. The number of nitrogens with one attached hydrogen (secondary N) is 1. The van der Waals surface area contributed by atoms with Gasteiger partial charge in [-0.05, 0) is 71.1 Å². The molecule has 1 heterocycles. The maximum atomic E-state index is 12.9. The third kappa shape index (κ3) is 7.92. The SMILES string of the molecule is CCCOc1ccc(C(C)NC(=O)C2CCN(C(=O)OC(C)(C)C)CC2)cc1OCCC. The van der Waals surface area contributed by atoms with Crippen LogP contribution in [0.25, 0.3) is 0 Å². The van der Waals surface area contributed by atoms with Gasteiger partial charge in [-0.25, -0.2) is 4.79 Å². The summed E-state index contributed by atoms with van der Waals surface area (Å²) >= 11 is 0. The summed E-state index contributed by atoms with van der Waals surface area (Å²) in [5.74, 6) is 1.35. The Bertz CT molecular complexity index is 751. The minimum absolute atomic E-state index is 0.0173. The maximum absolute atomic E-state index is 12.9. The lowest BCUT2D eigenvalue weighted by molar-refractivity contribution is -0.127. The second-order valence-electron chi connectivity index (χ2n) is 9.38. The Hall–Kier alpha value is -2.44. The van der Waals surface area contributed by atoms with E-state index in [1.54, 1.807) is 4.90 Å². The Morgan fingerprint density at radius 1 is 1.06 bits per heavy atom. The summed E-state index contributed by atoms with van der Waals surface area (Å²) in [6.07, 6.45) is 2.79. The standard InChI is InChI=1S/C25H40N2O5/c1-7-15-30-21-10-9-20(17-22(21)31-16-8-2)18(3)26-23(28)19-11-13-27(14-12-19)24(29)32-25(4,5)6/h9-10,17-19H,7-8,11-16H2,1-6H3,(H,26,28). The lowest BCUT2D eigenvalue weighted by Crippen LogP contribution is -2.45. The number of ether oxygens (including phenoxy) is 3. The molecule has 32 heavy (non-hydrogen) atoms. The van der Waals surface area contributed by atoms with Gasteiger partial charge in [0.2, 0.25) is 5.91 Å². The molecule has 1 unspecified atom stereocenters. The van der Waals surface area contributed by atoms with Gasteiger partial charge in [0.15, 0.2) is 11.5 Å². The first-order chi connectivity index (χ1) is 15.1. The molecule has 1 aliphatic heterocycles. The van der Waals surface area contributed by atoms with Crippen LogP contribution in [0.5, 0.6) is 11.5 Å². The second-order valence-corrected chi connectivity index (χ2v) is 9.38. The molecule has 7 nitrogen and oxygen atoms in total. The van der Waals surface area contributed by atoms with Crippen LogP contribution in [0.2, 0.25) is 0 Å². The van der Waals surface area contributed by atoms with Crippen LogP contribution in [-0.4, -0.2) is 48.8 Å². The van der Waals surface area contributed by atoms with E-state index in [4.69, 9.17) is 14.2 Å². The molecule has 0 saturated carbocycles. The average Bonchev–Trinajstić information content (AvgIpc) is 2.75. The first kappa shape index (κ1) is 25.8. The van der Waals surface area contributed by atoms with Crippen molar-refractivity contribution in [2.24, 2.45) is 5.92 Å². The Labute approximate surface area is 192 Å². The topological polar surface area (TPSA) is 77.1 Å². The highest BCUT2D eigenvalue weighted by Gasteiger charge is 2.30. The number of piperidine rings is 1. The van der Waals surface area contributed by atoms with E-state index in [0.29, 0.717) is 44.9 Å². The number of hydrogen-bond donors (Lipinski definition) is 1. The van der Waals surface area contributed by atoms with Crippen LogP contribution in [-0.2, 0) is 9.53 Å². The van der Waals surface area contributed by atoms with Crippen molar-refractivity contribution in [3.05, 3.63) is 23.8 Å². The van der Waals surface area contributed by atoms with Crippen molar-refractivity contribution >= 4 is 12.0 Å². The van der Waals surface area contributed by atoms with Crippen LogP contribution in [0.15, 0.2) is 18.2 Å². The molecule has 0 radical (unpaired) electrons. The van der Waals surface area contributed by atoms with E-state index < -0.39 is 5.60 Å². The van der Waals surface area contributed by atoms with Crippen molar-refractivity contribution < 1.29 is 23.8 Å². The van der Waals surface area contributed by atoms with Crippen LogP contribution < -0.4 is 14.8 Å². The highest BCUT2D eigenvalue weighted by Crippen LogP contribution is 2.31. The predicted octanol–water partition coefficient (Wildman–Crippen LogP) is 5.09. The van der Waals surface area contributed by atoms with Crippen molar-refractivity contribution in [2.45, 2.75) is 78.9 Å². The van der Waals surface area contributed by atoms with Crippen LogP contribution in [0, 0.1) is 5.92 Å². The molecule has 1 atom stereocenters. The van der Waals surface area contributed by atoms with E-state index in [2.05, 4.69) is 19.2 Å². The number of carbonyl (C=O) groups excluding carboxylic acids is 2. The summed E-state index contributed by atoms with van der Waals surface area (Å²) in [5, 5.41) is 3.12. The molecule has 1 aliphatic rings. The number of rotatable bonds is 9. The van der Waals surface area contributed by atoms with Crippen molar-refractivity contribution in [2.75, 3.05) is 26.3 Å². The van der Waals surface area contributed by atoms with Gasteiger partial charge in [-0.15, -0.1) is 0 Å². The monoisotopic (exact) mass is 448 g/mol. The molecule has 2 rings (SSSR count). The molecule has 0 aromatic heterocycles. The number of carbonyl (C=O) groups is 2.